The van der Waals surface area contributed by atoms with Crippen LogP contribution >= 0.6 is 11.3 Å². The summed E-state index contributed by atoms with van der Waals surface area (Å²) in [6, 6.07) is 0.0266. The number of hydrogen-bond acceptors (Lipinski definition) is 10. The molecule has 46 heavy (non-hydrogen) atoms. The van der Waals surface area contributed by atoms with Crippen LogP contribution < -0.4 is 15.4 Å². The number of carbonyl (C=O) groups is 4. The number of carboxylic acid groups (broad SMARTS) is 1. The van der Waals surface area contributed by atoms with Gasteiger partial charge in [-0.25, -0.2) is 14.8 Å². The molecule has 3 aromatic heterocycles. The quantitative estimate of drug-likeness (QED) is 0.322. The number of fused-ring (bicyclic) bond motifs is 3. The van der Waals surface area contributed by atoms with Crippen molar-refractivity contribution in [2.75, 3.05) is 6.54 Å². The summed E-state index contributed by atoms with van der Waals surface area (Å²) in [5.74, 6) is -1.43. The van der Waals surface area contributed by atoms with Crippen LogP contribution in [0.4, 0.5) is 0 Å². The minimum Gasteiger partial charge on any atom is -0.479 e. The zero-order chi connectivity index (χ0) is 31.8. The fourth-order valence-corrected chi connectivity index (χ4v) is 7.25. The lowest BCUT2D eigenvalue weighted by Crippen LogP contribution is -2.56. The van der Waals surface area contributed by atoms with Gasteiger partial charge in [-0.2, -0.15) is 4.98 Å². The van der Waals surface area contributed by atoms with Gasteiger partial charge >= 0.3 is 5.97 Å². The van der Waals surface area contributed by atoms with Gasteiger partial charge in [0, 0.05) is 18.8 Å². The molecule has 13 nitrogen and oxygen atoms in total. The second kappa shape index (κ2) is 12.5. The lowest BCUT2D eigenvalue weighted by molar-refractivity contribution is -0.146. The van der Waals surface area contributed by atoms with E-state index < -0.39 is 35.6 Å². The second-order valence-corrected chi connectivity index (χ2v) is 13.6. The maximum absolute atomic E-state index is 14.2. The van der Waals surface area contributed by atoms with E-state index in [0.717, 1.165) is 38.5 Å². The molecule has 1 saturated heterocycles. The summed E-state index contributed by atoms with van der Waals surface area (Å²) in [7, 11) is 0. The fourth-order valence-electron chi connectivity index (χ4n) is 6.49. The molecule has 7 rings (SSSR count). The van der Waals surface area contributed by atoms with E-state index in [1.807, 2.05) is 23.6 Å². The third kappa shape index (κ3) is 6.22. The standard InChI is InChI=1S/C32H36N6O7S/c39-24(14-18-8-9-18)34-22-7-5-3-1-2-4-6-19-16-32(19,31(42)43)37-27(40)23-15-20(17-38(23)30(22)41)45-28-25-21(10-13-46-25)35-26(36-28)29-33-11-12-44-29/h4,6,10-13,18-20,22-23H,1-3,5,7-9,14-17H2,(H,34,39)(H,37,40)(H,42,43)/b6-4-/t19-,20-,22+,23+,32-/m1/s1. The Bertz CT molecular complexity index is 1670. The van der Waals surface area contributed by atoms with Crippen LogP contribution in [0.25, 0.3) is 21.9 Å². The molecule has 5 atom stereocenters. The number of carboxylic acids is 1. The first-order valence-corrected chi connectivity index (χ1v) is 16.8. The molecule has 242 valence electrons. The molecule has 0 aromatic carbocycles. The smallest absolute Gasteiger partial charge is 0.330 e. The first-order valence-electron chi connectivity index (χ1n) is 15.9. The van der Waals surface area contributed by atoms with Crippen LogP contribution in [0.15, 0.2) is 40.5 Å². The average molecular weight is 649 g/mol. The Hall–Kier alpha value is -4.33. The van der Waals surface area contributed by atoms with Gasteiger partial charge in [0.05, 0.1) is 18.3 Å². The van der Waals surface area contributed by atoms with Gasteiger partial charge in [-0.05, 0) is 55.9 Å². The predicted octanol–water partition coefficient (Wildman–Crippen LogP) is 3.46. The normalized spacial score (nSPS) is 29.2. The van der Waals surface area contributed by atoms with E-state index >= 15 is 0 Å². The molecule has 5 heterocycles. The van der Waals surface area contributed by atoms with Crippen LogP contribution in [0.1, 0.15) is 64.2 Å². The Kier molecular flexibility index (Phi) is 8.22. The van der Waals surface area contributed by atoms with Crippen molar-refractivity contribution in [2.24, 2.45) is 11.8 Å². The number of carbonyl (C=O) groups excluding carboxylic acids is 3. The van der Waals surface area contributed by atoms with E-state index in [4.69, 9.17) is 9.15 Å². The molecule has 3 amide bonds. The zero-order valence-corrected chi connectivity index (χ0v) is 26.0. The number of hydrogen-bond donors (Lipinski definition) is 3. The van der Waals surface area contributed by atoms with Crippen molar-refractivity contribution in [1.82, 2.24) is 30.5 Å². The van der Waals surface area contributed by atoms with Crippen LogP contribution in [-0.4, -0.2) is 78.9 Å². The molecule has 3 N–H and O–H groups in total. The first kappa shape index (κ1) is 30.3. The van der Waals surface area contributed by atoms with Crippen molar-refractivity contribution in [3.8, 4) is 17.6 Å². The Morgan fingerprint density at radius 1 is 1.20 bits per heavy atom. The molecule has 2 aliphatic carbocycles. The number of nitrogens with zero attached hydrogens (tertiary/aromatic N) is 4. The van der Waals surface area contributed by atoms with Crippen molar-refractivity contribution in [3.63, 3.8) is 0 Å². The van der Waals surface area contributed by atoms with Gasteiger partial charge < -0.3 is 29.8 Å². The predicted molar refractivity (Wildman–Crippen MR) is 166 cm³/mol. The average Bonchev–Trinajstić information content (AvgIpc) is 3.69. The highest BCUT2D eigenvalue weighted by molar-refractivity contribution is 7.17. The van der Waals surface area contributed by atoms with E-state index in [1.165, 1.54) is 28.7 Å². The molecular formula is C32H36N6O7S. The Balaban J connectivity index is 1.18. The maximum Gasteiger partial charge on any atom is 0.330 e. The highest BCUT2D eigenvalue weighted by Gasteiger charge is 2.61. The molecule has 3 aromatic rings. The number of allylic oxidation sites excluding steroid dienone is 1. The largest absolute Gasteiger partial charge is 0.479 e. The minimum absolute atomic E-state index is 0.0561. The summed E-state index contributed by atoms with van der Waals surface area (Å²) < 4.78 is 12.5. The Morgan fingerprint density at radius 3 is 2.85 bits per heavy atom. The SMILES string of the molecule is O=C(CC1CC1)N[C@H]1CCCCC/C=C\[C@@H]2C[C@@]2(C(=O)O)NC(=O)[C@@H]2C[C@@H](Oc3nc(-c4ncco4)nc4ccsc34)CN2C1=O. The monoisotopic (exact) mass is 648 g/mol. The topological polar surface area (TPSA) is 177 Å². The molecule has 14 heteroatoms. The number of ether oxygens (including phenoxy) is 1. The number of nitrogens with one attached hydrogen (secondary N) is 2. The van der Waals surface area contributed by atoms with E-state index in [0.29, 0.717) is 29.0 Å². The third-order valence-electron chi connectivity index (χ3n) is 9.30. The second-order valence-electron chi connectivity index (χ2n) is 12.7. The van der Waals surface area contributed by atoms with Crippen LogP contribution in [0, 0.1) is 11.8 Å². The van der Waals surface area contributed by atoms with Gasteiger partial charge in [-0.15, -0.1) is 11.3 Å². The van der Waals surface area contributed by atoms with E-state index in [9.17, 15) is 24.3 Å². The molecule has 0 spiro atoms. The number of thiophene rings is 1. The van der Waals surface area contributed by atoms with Crippen molar-refractivity contribution < 1.29 is 33.4 Å². The zero-order valence-electron chi connectivity index (χ0n) is 25.2. The number of amides is 3. The highest BCUT2D eigenvalue weighted by atomic mass is 32.1. The summed E-state index contributed by atoms with van der Waals surface area (Å²) in [6.07, 6.45) is 12.6. The lowest BCUT2D eigenvalue weighted by atomic mass is 10.0. The van der Waals surface area contributed by atoms with Crippen LogP contribution in [-0.2, 0) is 19.2 Å². The van der Waals surface area contributed by atoms with Crippen LogP contribution in [0.3, 0.4) is 0 Å². The van der Waals surface area contributed by atoms with E-state index in [2.05, 4.69) is 25.6 Å². The molecule has 3 fully saturated rings. The summed E-state index contributed by atoms with van der Waals surface area (Å²) in [4.78, 5) is 68.1. The van der Waals surface area contributed by atoms with Gasteiger partial charge in [-0.1, -0.05) is 25.0 Å². The van der Waals surface area contributed by atoms with Gasteiger partial charge in [0.2, 0.25) is 29.4 Å². The van der Waals surface area contributed by atoms with Crippen molar-refractivity contribution >= 4 is 45.2 Å². The van der Waals surface area contributed by atoms with Gasteiger partial charge in [0.15, 0.2) is 0 Å². The van der Waals surface area contributed by atoms with Crippen molar-refractivity contribution in [3.05, 3.63) is 36.1 Å². The fraction of sp³-hybridized carbons (Fsp3) is 0.531. The molecule has 4 aliphatic rings. The maximum atomic E-state index is 14.2. The molecule has 0 bridgehead atoms. The van der Waals surface area contributed by atoms with Crippen molar-refractivity contribution in [1.29, 1.82) is 0 Å². The summed E-state index contributed by atoms with van der Waals surface area (Å²) in [6.45, 7) is 0.0561. The summed E-state index contributed by atoms with van der Waals surface area (Å²) >= 11 is 1.40. The van der Waals surface area contributed by atoms with E-state index in [1.54, 1.807) is 0 Å². The molecular weight excluding hydrogens is 612 g/mol. The Labute approximate surface area is 268 Å². The molecule has 2 aliphatic heterocycles. The number of aliphatic carboxylic acids is 1. The molecule has 2 saturated carbocycles. The number of oxazole rings is 1. The van der Waals surface area contributed by atoms with Crippen LogP contribution in [0.2, 0.25) is 0 Å². The number of rotatable bonds is 7. The first-order chi connectivity index (χ1) is 22.3. The van der Waals surface area contributed by atoms with Crippen molar-refractivity contribution in [2.45, 2.75) is 87.9 Å². The highest BCUT2D eigenvalue weighted by Crippen LogP contribution is 2.45. The minimum atomic E-state index is -1.42. The summed E-state index contributed by atoms with van der Waals surface area (Å²) in [5.41, 5.74) is -0.778. The lowest BCUT2D eigenvalue weighted by Gasteiger charge is -2.29. The molecule has 0 radical (unpaired) electrons. The third-order valence-corrected chi connectivity index (χ3v) is 10.2. The van der Waals surface area contributed by atoms with Gasteiger partial charge in [0.1, 0.15) is 34.7 Å². The van der Waals surface area contributed by atoms with E-state index in [-0.39, 0.29) is 54.7 Å². The van der Waals surface area contributed by atoms with Gasteiger partial charge in [-0.3, -0.25) is 14.4 Å². The molecule has 0 unspecified atom stereocenters. The van der Waals surface area contributed by atoms with Crippen LogP contribution in [0.5, 0.6) is 5.88 Å². The number of aromatic nitrogens is 3. The summed E-state index contributed by atoms with van der Waals surface area (Å²) in [5, 5.41) is 17.7. The Morgan fingerprint density at radius 2 is 2.07 bits per heavy atom. The van der Waals surface area contributed by atoms with Gasteiger partial charge in [0.25, 0.3) is 5.89 Å².